The number of anilines is 1. The molecule has 0 radical (unpaired) electrons. The molecule has 6 nitrogen and oxygen atoms in total. The summed E-state index contributed by atoms with van der Waals surface area (Å²) in [5, 5.41) is 8.71. The van der Waals surface area contributed by atoms with Gasteiger partial charge in [0.1, 0.15) is 17.5 Å². The van der Waals surface area contributed by atoms with Gasteiger partial charge >= 0.3 is 6.09 Å². The third-order valence-corrected chi connectivity index (χ3v) is 2.79. The smallest absolute Gasteiger partial charge is 0.410 e. The molecule has 1 aliphatic rings. The third kappa shape index (κ3) is 3.77. The Labute approximate surface area is 118 Å². The van der Waals surface area contributed by atoms with E-state index in [1.807, 2.05) is 20.8 Å². The van der Waals surface area contributed by atoms with Gasteiger partial charge in [0.15, 0.2) is 0 Å². The molecule has 0 aromatic heterocycles. The summed E-state index contributed by atoms with van der Waals surface area (Å²) in [5.74, 6) is 0.706. The molecule has 2 rings (SSSR count). The number of ether oxygens (including phenoxy) is 2. The van der Waals surface area contributed by atoms with Gasteiger partial charge in [0.05, 0.1) is 18.8 Å². The first kappa shape index (κ1) is 14.5. The number of amides is 1. The molecule has 1 aromatic carbocycles. The van der Waals surface area contributed by atoms with Crippen LogP contribution in [0.25, 0.3) is 0 Å². The first-order chi connectivity index (χ1) is 9.37. The lowest BCUT2D eigenvalue weighted by molar-refractivity contribution is -0.0221. The number of nitrogens with zero attached hydrogens (tertiary/aromatic N) is 1. The van der Waals surface area contributed by atoms with E-state index >= 15 is 0 Å². The minimum atomic E-state index is -0.476. The molecule has 1 aliphatic heterocycles. The highest BCUT2D eigenvalue weighted by molar-refractivity contribution is 5.69. The Morgan fingerprint density at radius 2 is 1.90 bits per heavy atom. The Hall–Kier alpha value is -1.95. The molecule has 20 heavy (non-hydrogen) atoms. The summed E-state index contributed by atoms with van der Waals surface area (Å²) in [5.41, 5.74) is 2.18. The normalized spacial score (nSPS) is 15.5. The van der Waals surface area contributed by atoms with E-state index in [9.17, 15) is 4.79 Å². The first-order valence-electron chi connectivity index (χ1n) is 6.52. The van der Waals surface area contributed by atoms with Crippen LogP contribution in [-0.2, 0) is 4.74 Å². The van der Waals surface area contributed by atoms with Crippen LogP contribution in [0.3, 0.4) is 0 Å². The zero-order valence-electron chi connectivity index (χ0n) is 11.9. The third-order valence-electron chi connectivity index (χ3n) is 2.79. The molecule has 6 heteroatoms. The van der Waals surface area contributed by atoms with Gasteiger partial charge in [0.25, 0.3) is 0 Å². The van der Waals surface area contributed by atoms with Crippen LogP contribution in [-0.4, -0.2) is 41.0 Å². The van der Waals surface area contributed by atoms with Crippen LogP contribution in [0, 0.1) is 0 Å². The number of hydrogen-bond donors (Lipinski definition) is 2. The van der Waals surface area contributed by atoms with Crippen LogP contribution < -0.4 is 10.2 Å². The van der Waals surface area contributed by atoms with Gasteiger partial charge in [0, 0.05) is 0 Å². The highest BCUT2D eigenvalue weighted by Crippen LogP contribution is 2.21. The minimum Gasteiger partial charge on any atom is -0.487 e. The van der Waals surface area contributed by atoms with Crippen LogP contribution >= 0.6 is 0 Å². The monoisotopic (exact) mass is 280 g/mol. The lowest BCUT2D eigenvalue weighted by atomic mass is 10.1. The van der Waals surface area contributed by atoms with E-state index in [0.29, 0.717) is 24.5 Å². The van der Waals surface area contributed by atoms with E-state index in [1.54, 1.807) is 29.2 Å². The number of hydrogen-bond acceptors (Lipinski definition) is 5. The van der Waals surface area contributed by atoms with E-state index in [2.05, 4.69) is 5.48 Å². The molecular weight excluding hydrogens is 260 g/mol. The molecule has 1 fully saturated rings. The van der Waals surface area contributed by atoms with E-state index in [1.165, 1.54) is 0 Å². The topological polar surface area (TPSA) is 71.0 Å². The van der Waals surface area contributed by atoms with Crippen molar-refractivity contribution in [2.45, 2.75) is 32.5 Å². The second-order valence-corrected chi connectivity index (χ2v) is 5.76. The molecule has 0 bridgehead atoms. The summed E-state index contributed by atoms with van der Waals surface area (Å²) in [6.45, 7) is 6.57. The fourth-order valence-corrected chi connectivity index (χ4v) is 1.79. The number of nitrogens with one attached hydrogen (secondary N) is 1. The fraction of sp³-hybridized carbons (Fsp3) is 0.500. The van der Waals surface area contributed by atoms with Gasteiger partial charge in [-0.15, -0.1) is 0 Å². The maximum Gasteiger partial charge on any atom is 0.410 e. The van der Waals surface area contributed by atoms with Gasteiger partial charge in [-0.3, -0.25) is 10.7 Å². The number of carbonyl (C=O) groups excluding carboxylic acids is 1. The Morgan fingerprint density at radius 1 is 1.30 bits per heavy atom. The van der Waals surface area contributed by atoms with E-state index < -0.39 is 5.60 Å². The Kier molecular flexibility index (Phi) is 4.04. The standard InChI is InChI=1S/C14H20N2O4/c1-14(2,3)20-13(17)16-8-12(9-16)19-11-6-4-10(15-18)5-7-11/h4-7,12,15,18H,8-9H2,1-3H3. The van der Waals surface area contributed by atoms with Crippen molar-refractivity contribution in [2.75, 3.05) is 18.6 Å². The number of benzene rings is 1. The predicted octanol–water partition coefficient (Wildman–Crippen LogP) is 2.49. The Bertz CT molecular complexity index is 461. The summed E-state index contributed by atoms with van der Waals surface area (Å²) < 4.78 is 11.0. The molecule has 2 N–H and O–H groups in total. The van der Waals surface area contributed by atoms with Crippen molar-refractivity contribution >= 4 is 11.8 Å². The summed E-state index contributed by atoms with van der Waals surface area (Å²) in [6, 6.07) is 6.93. The van der Waals surface area contributed by atoms with Crippen molar-refractivity contribution in [2.24, 2.45) is 0 Å². The highest BCUT2D eigenvalue weighted by atomic mass is 16.6. The van der Waals surface area contributed by atoms with Crippen LogP contribution in [0.4, 0.5) is 10.5 Å². The molecular formula is C14H20N2O4. The van der Waals surface area contributed by atoms with Crippen molar-refractivity contribution in [3.63, 3.8) is 0 Å². The average molecular weight is 280 g/mol. The zero-order chi connectivity index (χ0) is 14.8. The van der Waals surface area contributed by atoms with Crippen LogP contribution in [0.5, 0.6) is 5.75 Å². The summed E-state index contributed by atoms with van der Waals surface area (Å²) in [6.07, 6.45) is -0.326. The predicted molar refractivity (Wildman–Crippen MR) is 74.1 cm³/mol. The lowest BCUT2D eigenvalue weighted by Crippen LogP contribution is -2.57. The molecule has 110 valence electrons. The van der Waals surface area contributed by atoms with Crippen molar-refractivity contribution in [1.29, 1.82) is 0 Å². The van der Waals surface area contributed by atoms with Crippen molar-refractivity contribution in [1.82, 2.24) is 4.90 Å². The van der Waals surface area contributed by atoms with Gasteiger partial charge in [-0.05, 0) is 45.0 Å². The lowest BCUT2D eigenvalue weighted by Gasteiger charge is -2.39. The largest absolute Gasteiger partial charge is 0.487 e. The molecule has 1 aromatic rings. The van der Waals surface area contributed by atoms with Crippen LogP contribution in [0.15, 0.2) is 24.3 Å². The van der Waals surface area contributed by atoms with Gasteiger partial charge in [0.2, 0.25) is 0 Å². The number of carbonyl (C=O) groups is 1. The SMILES string of the molecule is CC(C)(C)OC(=O)N1CC(Oc2ccc(NO)cc2)C1. The highest BCUT2D eigenvalue weighted by Gasteiger charge is 2.35. The Morgan fingerprint density at radius 3 is 2.40 bits per heavy atom. The summed E-state index contributed by atoms with van der Waals surface area (Å²) >= 11 is 0. The van der Waals surface area contributed by atoms with E-state index in [4.69, 9.17) is 14.7 Å². The summed E-state index contributed by atoms with van der Waals surface area (Å²) in [4.78, 5) is 13.3. The molecule has 0 aliphatic carbocycles. The fourth-order valence-electron chi connectivity index (χ4n) is 1.79. The molecule has 0 spiro atoms. The van der Waals surface area contributed by atoms with Gasteiger partial charge in [-0.25, -0.2) is 4.79 Å². The second-order valence-electron chi connectivity index (χ2n) is 5.76. The van der Waals surface area contributed by atoms with Crippen molar-refractivity contribution < 1.29 is 19.5 Å². The Balaban J connectivity index is 1.77. The number of likely N-dealkylation sites (tertiary alicyclic amines) is 1. The van der Waals surface area contributed by atoms with E-state index in [-0.39, 0.29) is 12.2 Å². The molecule has 0 unspecified atom stereocenters. The van der Waals surface area contributed by atoms with Gasteiger partial charge in [-0.2, -0.15) is 0 Å². The maximum atomic E-state index is 11.7. The maximum absolute atomic E-state index is 11.7. The van der Waals surface area contributed by atoms with Gasteiger partial charge in [-0.1, -0.05) is 0 Å². The average Bonchev–Trinajstić information content (AvgIpc) is 2.31. The van der Waals surface area contributed by atoms with Crippen LogP contribution in [0.2, 0.25) is 0 Å². The van der Waals surface area contributed by atoms with Crippen molar-refractivity contribution in [3.8, 4) is 5.75 Å². The summed E-state index contributed by atoms with van der Waals surface area (Å²) in [7, 11) is 0. The molecule has 0 saturated carbocycles. The quantitative estimate of drug-likeness (QED) is 0.832. The molecule has 0 atom stereocenters. The minimum absolute atomic E-state index is 0.0181. The van der Waals surface area contributed by atoms with E-state index in [0.717, 1.165) is 0 Å². The zero-order valence-corrected chi connectivity index (χ0v) is 11.9. The first-order valence-corrected chi connectivity index (χ1v) is 6.52. The number of rotatable bonds is 3. The van der Waals surface area contributed by atoms with Crippen LogP contribution in [0.1, 0.15) is 20.8 Å². The molecule has 1 heterocycles. The molecule has 1 amide bonds. The van der Waals surface area contributed by atoms with Gasteiger partial charge < -0.3 is 14.4 Å². The molecule has 1 saturated heterocycles. The van der Waals surface area contributed by atoms with Crippen molar-refractivity contribution in [3.05, 3.63) is 24.3 Å². The second kappa shape index (κ2) is 5.58.